The van der Waals surface area contributed by atoms with Crippen LogP contribution in [0.3, 0.4) is 0 Å². The smallest absolute Gasteiger partial charge is 0.311 e. The van der Waals surface area contributed by atoms with Crippen molar-refractivity contribution in [2.45, 2.75) is 38.6 Å². The van der Waals surface area contributed by atoms with E-state index in [0.29, 0.717) is 24.4 Å². The third-order valence-corrected chi connectivity index (χ3v) is 6.16. The van der Waals surface area contributed by atoms with E-state index in [-0.39, 0.29) is 30.6 Å². The maximum atomic E-state index is 13.6. The van der Waals surface area contributed by atoms with E-state index in [2.05, 4.69) is 15.5 Å². The van der Waals surface area contributed by atoms with E-state index in [1.54, 1.807) is 24.0 Å². The second-order valence-electron chi connectivity index (χ2n) is 7.79. The molecule has 1 aromatic carbocycles. The maximum absolute atomic E-state index is 13.6. The molecule has 3 atom stereocenters. The normalized spacial score (nSPS) is 24.9. The lowest BCUT2D eigenvalue weighted by molar-refractivity contribution is -0.149. The van der Waals surface area contributed by atoms with Gasteiger partial charge in [-0.25, -0.2) is 9.07 Å². The number of carbonyl (C=O) groups excluding carboxylic acids is 1. The molecular weight excluding hydrogens is 365 g/mol. The average molecular weight is 387 g/mol. The first-order chi connectivity index (χ1) is 13.4. The molecule has 2 aromatic rings. The summed E-state index contributed by atoms with van der Waals surface area (Å²) >= 11 is 0. The van der Waals surface area contributed by atoms with Gasteiger partial charge in [-0.05, 0) is 53.8 Å². The maximum Gasteiger partial charge on any atom is 0.311 e. The van der Waals surface area contributed by atoms with Gasteiger partial charge in [0.15, 0.2) is 0 Å². The summed E-state index contributed by atoms with van der Waals surface area (Å²) in [5.41, 5.74) is -0.199. The number of benzene rings is 1. The van der Waals surface area contributed by atoms with Crippen LogP contribution < -0.4 is 0 Å². The van der Waals surface area contributed by atoms with E-state index in [9.17, 15) is 19.1 Å². The molecule has 1 saturated carbocycles. The van der Waals surface area contributed by atoms with Gasteiger partial charge >= 0.3 is 5.97 Å². The van der Waals surface area contributed by atoms with Gasteiger partial charge in [-0.3, -0.25) is 9.59 Å². The highest BCUT2D eigenvalue weighted by atomic mass is 19.1. The zero-order valence-corrected chi connectivity index (χ0v) is 15.6. The third kappa shape index (κ3) is 3.04. The van der Waals surface area contributed by atoms with E-state index < -0.39 is 17.4 Å². The minimum Gasteiger partial charge on any atom is -0.481 e. The summed E-state index contributed by atoms with van der Waals surface area (Å²) in [7, 11) is 0. The SMILES string of the molecule is Cc1nnnn1C(Cc1cccc(F)c1)C(=O)N1C[C@@H]2CCC[C@@]2(C(=O)O)C1. The Balaban J connectivity index is 1.63. The molecule has 1 amide bonds. The molecule has 1 aliphatic heterocycles. The summed E-state index contributed by atoms with van der Waals surface area (Å²) in [4.78, 5) is 27.0. The average Bonchev–Trinajstić information content (AvgIpc) is 3.33. The monoisotopic (exact) mass is 387 g/mol. The first-order valence-corrected chi connectivity index (χ1v) is 9.42. The number of carboxylic acids is 1. The molecule has 2 fully saturated rings. The van der Waals surface area contributed by atoms with E-state index in [0.717, 1.165) is 12.8 Å². The molecule has 1 aromatic heterocycles. The van der Waals surface area contributed by atoms with Gasteiger partial charge in [-0.15, -0.1) is 5.10 Å². The Bertz CT molecular complexity index is 916. The molecule has 0 bridgehead atoms. The summed E-state index contributed by atoms with van der Waals surface area (Å²) in [6.45, 7) is 2.32. The van der Waals surface area contributed by atoms with Crippen LogP contribution >= 0.6 is 0 Å². The standard InChI is InChI=1S/C19H22FN5O3/c1-12-21-22-23-25(12)16(9-13-4-2-6-15(20)8-13)17(26)24-10-14-5-3-7-19(14,11-24)18(27)28/h2,4,6,8,14,16H,3,5,7,9-11H2,1H3,(H,27,28)/t14-,16?,19+/m0/s1. The van der Waals surface area contributed by atoms with Crippen LogP contribution in [0.4, 0.5) is 4.39 Å². The summed E-state index contributed by atoms with van der Waals surface area (Å²) in [5, 5.41) is 21.2. The van der Waals surface area contributed by atoms with Gasteiger partial charge in [0.05, 0.1) is 5.41 Å². The first kappa shape index (κ1) is 18.5. The molecule has 28 heavy (non-hydrogen) atoms. The molecule has 0 spiro atoms. The molecule has 1 aliphatic carbocycles. The quantitative estimate of drug-likeness (QED) is 0.837. The van der Waals surface area contributed by atoms with Crippen molar-refractivity contribution in [2.75, 3.05) is 13.1 Å². The molecule has 1 saturated heterocycles. The van der Waals surface area contributed by atoms with Gasteiger partial charge in [-0.1, -0.05) is 18.6 Å². The number of aliphatic carboxylic acids is 1. The minimum atomic E-state index is -0.852. The molecule has 1 N–H and O–H groups in total. The van der Waals surface area contributed by atoms with Crippen LogP contribution in [0.15, 0.2) is 24.3 Å². The van der Waals surface area contributed by atoms with Crippen LogP contribution in [0.25, 0.3) is 0 Å². The number of likely N-dealkylation sites (tertiary alicyclic amines) is 1. The number of nitrogens with zero attached hydrogens (tertiary/aromatic N) is 5. The molecule has 148 valence electrons. The van der Waals surface area contributed by atoms with Gasteiger partial charge in [0.25, 0.3) is 0 Å². The van der Waals surface area contributed by atoms with Gasteiger partial charge < -0.3 is 10.0 Å². The van der Waals surface area contributed by atoms with Gasteiger partial charge in [-0.2, -0.15) is 0 Å². The van der Waals surface area contributed by atoms with Crippen LogP contribution in [0.2, 0.25) is 0 Å². The topological polar surface area (TPSA) is 101 Å². The highest BCUT2D eigenvalue weighted by molar-refractivity contribution is 5.84. The largest absolute Gasteiger partial charge is 0.481 e. The Labute approximate surface area is 161 Å². The number of amides is 1. The molecule has 4 rings (SSSR count). The Morgan fingerprint density at radius 3 is 2.89 bits per heavy atom. The molecule has 1 unspecified atom stereocenters. The van der Waals surface area contributed by atoms with Crippen molar-refractivity contribution in [3.63, 3.8) is 0 Å². The zero-order valence-electron chi connectivity index (χ0n) is 15.6. The first-order valence-electron chi connectivity index (χ1n) is 9.42. The molecule has 0 radical (unpaired) electrons. The fourth-order valence-corrected chi connectivity index (χ4v) is 4.71. The predicted octanol–water partition coefficient (Wildman–Crippen LogP) is 1.62. The third-order valence-electron chi connectivity index (χ3n) is 6.16. The molecule has 2 aliphatic rings. The van der Waals surface area contributed by atoms with E-state index in [4.69, 9.17) is 0 Å². The van der Waals surface area contributed by atoms with Crippen molar-refractivity contribution in [3.05, 3.63) is 41.5 Å². The van der Waals surface area contributed by atoms with Gasteiger partial charge in [0.2, 0.25) is 5.91 Å². The number of hydrogen-bond acceptors (Lipinski definition) is 5. The van der Waals surface area contributed by atoms with Crippen LogP contribution in [0, 0.1) is 24.1 Å². The lowest BCUT2D eigenvalue weighted by Crippen LogP contribution is -2.41. The summed E-state index contributed by atoms with van der Waals surface area (Å²) < 4.78 is 15.1. The van der Waals surface area contributed by atoms with Gasteiger partial charge in [0, 0.05) is 19.5 Å². The second kappa shape index (κ2) is 6.96. The van der Waals surface area contributed by atoms with Crippen LogP contribution in [-0.4, -0.2) is 55.2 Å². The molecule has 9 heteroatoms. The van der Waals surface area contributed by atoms with E-state index in [1.807, 2.05) is 0 Å². The number of rotatable bonds is 5. The minimum absolute atomic E-state index is 0.0289. The molecule has 8 nitrogen and oxygen atoms in total. The second-order valence-corrected chi connectivity index (χ2v) is 7.79. The van der Waals surface area contributed by atoms with Crippen molar-refractivity contribution >= 4 is 11.9 Å². The van der Waals surface area contributed by atoms with Crippen molar-refractivity contribution in [3.8, 4) is 0 Å². The number of carboxylic acid groups (broad SMARTS) is 1. The predicted molar refractivity (Wildman–Crippen MR) is 95.7 cm³/mol. The highest BCUT2D eigenvalue weighted by Gasteiger charge is 2.56. The Morgan fingerprint density at radius 1 is 1.43 bits per heavy atom. The number of fused-ring (bicyclic) bond motifs is 1. The number of carbonyl (C=O) groups is 2. The fourth-order valence-electron chi connectivity index (χ4n) is 4.71. The van der Waals surface area contributed by atoms with Crippen LogP contribution in [0.5, 0.6) is 0 Å². The lowest BCUT2D eigenvalue weighted by atomic mass is 9.81. The Morgan fingerprint density at radius 2 is 2.25 bits per heavy atom. The fraction of sp³-hybridized carbons (Fsp3) is 0.526. The number of hydrogen-bond donors (Lipinski definition) is 1. The number of tetrazole rings is 1. The van der Waals surface area contributed by atoms with E-state index in [1.165, 1.54) is 16.8 Å². The van der Waals surface area contributed by atoms with Crippen molar-refractivity contribution < 1.29 is 19.1 Å². The summed E-state index contributed by atoms with van der Waals surface area (Å²) in [5.74, 6) is -0.987. The summed E-state index contributed by atoms with van der Waals surface area (Å²) in [6.07, 6.45) is 2.51. The van der Waals surface area contributed by atoms with Crippen LogP contribution in [0.1, 0.15) is 36.7 Å². The molecular formula is C19H22FN5O3. The highest BCUT2D eigenvalue weighted by Crippen LogP contribution is 2.49. The van der Waals surface area contributed by atoms with E-state index >= 15 is 0 Å². The molecule has 2 heterocycles. The number of aromatic nitrogens is 4. The zero-order chi connectivity index (χ0) is 19.9. The van der Waals surface area contributed by atoms with Crippen LogP contribution in [-0.2, 0) is 16.0 Å². The number of halogens is 1. The lowest BCUT2D eigenvalue weighted by Gasteiger charge is -2.26. The van der Waals surface area contributed by atoms with Crippen molar-refractivity contribution in [2.24, 2.45) is 11.3 Å². The Kier molecular flexibility index (Phi) is 4.60. The number of aryl methyl sites for hydroxylation is 1. The van der Waals surface area contributed by atoms with Crippen molar-refractivity contribution in [1.82, 2.24) is 25.1 Å². The Hall–Kier alpha value is -2.84. The summed E-state index contributed by atoms with van der Waals surface area (Å²) in [6, 6.07) is 5.33. The van der Waals surface area contributed by atoms with Gasteiger partial charge in [0.1, 0.15) is 17.7 Å². The van der Waals surface area contributed by atoms with Crippen molar-refractivity contribution in [1.29, 1.82) is 0 Å².